The number of nitrogens with two attached hydrogens (primary N) is 1. The van der Waals surface area contributed by atoms with Crippen LogP contribution in [0, 0.1) is 17.6 Å². The predicted octanol–water partition coefficient (Wildman–Crippen LogP) is 6.03. The maximum absolute atomic E-state index is 16.7. The Bertz CT molecular complexity index is 1660. The van der Waals surface area contributed by atoms with Gasteiger partial charge in [-0.1, -0.05) is 22.9 Å². The Kier molecular flexibility index (Phi) is 7.32. The van der Waals surface area contributed by atoms with Gasteiger partial charge in [-0.15, -0.1) is 0 Å². The van der Waals surface area contributed by atoms with E-state index in [1.807, 2.05) is 0 Å². The highest BCUT2D eigenvalue weighted by Crippen LogP contribution is 2.43. The van der Waals surface area contributed by atoms with Gasteiger partial charge in [0.2, 0.25) is 0 Å². The van der Waals surface area contributed by atoms with Crippen LogP contribution in [0.25, 0.3) is 32.2 Å². The van der Waals surface area contributed by atoms with Crippen LogP contribution in [0.4, 0.5) is 19.7 Å². The van der Waals surface area contributed by atoms with Gasteiger partial charge in [0.25, 0.3) is 0 Å². The molecule has 1 atom stereocenters. The quantitative estimate of drug-likeness (QED) is 0.272. The molecule has 0 aliphatic carbocycles. The minimum Gasteiger partial charge on any atom is -0.461 e. The van der Waals surface area contributed by atoms with Gasteiger partial charge < -0.3 is 20.5 Å². The molecule has 0 saturated carbocycles. The highest BCUT2D eigenvalue weighted by molar-refractivity contribution is 7.22. The summed E-state index contributed by atoms with van der Waals surface area (Å²) in [4.78, 5) is 18.4. The van der Waals surface area contributed by atoms with Crippen molar-refractivity contribution in [2.24, 2.45) is 5.92 Å². The Morgan fingerprint density at radius 3 is 2.64 bits per heavy atom. The van der Waals surface area contributed by atoms with Crippen LogP contribution in [0.1, 0.15) is 44.9 Å². The van der Waals surface area contributed by atoms with Crippen LogP contribution in [-0.2, 0) is 0 Å². The SMILES string of the molecule is Nc1nc2c(-c3c(Cl)cc4c(N5CCCC(CO)CC5)nc(OCC56CCCN5CCC6)nc4c3F)ccc(F)c2s1. The molecule has 222 valence electrons. The fourth-order valence-corrected chi connectivity index (χ4v) is 8.18. The van der Waals surface area contributed by atoms with Crippen LogP contribution in [0.5, 0.6) is 6.01 Å². The van der Waals surface area contributed by atoms with Gasteiger partial charge in [-0.2, -0.15) is 9.97 Å². The van der Waals surface area contributed by atoms with E-state index in [9.17, 15) is 9.50 Å². The number of aromatic nitrogens is 3. The maximum Gasteiger partial charge on any atom is 0.319 e. The van der Waals surface area contributed by atoms with E-state index in [0.29, 0.717) is 36.5 Å². The lowest BCUT2D eigenvalue weighted by molar-refractivity contribution is 0.108. The zero-order chi connectivity index (χ0) is 29.0. The number of nitrogen functional groups attached to an aromatic ring is 1. The van der Waals surface area contributed by atoms with E-state index in [2.05, 4.69) is 19.8 Å². The minimum atomic E-state index is -0.643. The van der Waals surface area contributed by atoms with Crippen LogP contribution in [-0.4, -0.2) is 69.9 Å². The number of rotatable bonds is 6. The number of halogens is 3. The summed E-state index contributed by atoms with van der Waals surface area (Å²) in [5, 5.41) is 10.6. The fourth-order valence-electron chi connectivity index (χ4n) is 7.13. The number of aliphatic hydroxyl groups is 1. The Morgan fingerprint density at radius 1 is 1.05 bits per heavy atom. The first-order valence-corrected chi connectivity index (χ1v) is 15.8. The molecule has 12 heteroatoms. The first-order valence-electron chi connectivity index (χ1n) is 14.7. The summed E-state index contributed by atoms with van der Waals surface area (Å²) < 4.78 is 37.8. The summed E-state index contributed by atoms with van der Waals surface area (Å²) >= 11 is 7.80. The highest BCUT2D eigenvalue weighted by atomic mass is 35.5. The average Bonchev–Trinajstić information content (AvgIpc) is 3.62. The van der Waals surface area contributed by atoms with Crippen molar-refractivity contribution in [3.63, 3.8) is 0 Å². The van der Waals surface area contributed by atoms with Gasteiger partial charge in [-0.3, -0.25) is 4.90 Å². The number of ether oxygens (including phenoxy) is 1. The molecule has 3 N–H and O–H groups in total. The standard InChI is InChI=1S/C30H33ClF2N6O2S/c31-20-14-19-24(23(33)22(20)18-5-6-21(32)26-25(18)35-28(34)42-26)36-29(41-16-30-8-2-11-39(30)12-3-9-30)37-27(19)38-10-1-4-17(15-40)7-13-38/h5-6,14,17,40H,1-4,7-13,15-16H2,(H2,34,35). The highest BCUT2D eigenvalue weighted by Gasteiger charge is 2.45. The Labute approximate surface area is 251 Å². The predicted molar refractivity (Wildman–Crippen MR) is 162 cm³/mol. The molecule has 2 aromatic carbocycles. The molecule has 8 nitrogen and oxygen atoms in total. The van der Waals surface area contributed by atoms with Crippen molar-refractivity contribution in [2.75, 3.05) is 50.0 Å². The summed E-state index contributed by atoms with van der Waals surface area (Å²) in [6.45, 7) is 4.09. The molecule has 2 aromatic heterocycles. The van der Waals surface area contributed by atoms with Crippen LogP contribution in [0.3, 0.4) is 0 Å². The molecule has 0 spiro atoms. The molecular formula is C30H33ClF2N6O2S. The van der Waals surface area contributed by atoms with Crippen molar-refractivity contribution in [1.82, 2.24) is 19.9 Å². The normalized spacial score (nSPS) is 20.9. The van der Waals surface area contributed by atoms with Crippen molar-refractivity contribution in [2.45, 2.75) is 50.5 Å². The van der Waals surface area contributed by atoms with E-state index in [1.165, 1.54) is 12.1 Å². The number of aliphatic hydroxyl groups excluding tert-OH is 1. The van der Waals surface area contributed by atoms with Crippen molar-refractivity contribution >= 4 is 55.0 Å². The molecule has 42 heavy (non-hydrogen) atoms. The molecule has 3 aliphatic rings. The average molecular weight is 615 g/mol. The van der Waals surface area contributed by atoms with Crippen LogP contribution in [0.15, 0.2) is 18.2 Å². The molecule has 0 radical (unpaired) electrons. The summed E-state index contributed by atoms with van der Waals surface area (Å²) in [6, 6.07) is 4.56. The largest absolute Gasteiger partial charge is 0.461 e. The monoisotopic (exact) mass is 614 g/mol. The molecule has 7 rings (SSSR count). The number of thiazole rings is 1. The minimum absolute atomic E-state index is 0.0244. The molecule has 0 bridgehead atoms. The third kappa shape index (κ3) is 4.74. The topological polar surface area (TPSA) is 101 Å². The number of anilines is 2. The Hall–Kier alpha value is -2.86. The van der Waals surface area contributed by atoms with Gasteiger partial charge in [0, 0.05) is 36.2 Å². The molecule has 0 amide bonds. The summed E-state index contributed by atoms with van der Waals surface area (Å²) in [5.41, 5.74) is 6.65. The van der Waals surface area contributed by atoms with E-state index < -0.39 is 11.6 Å². The molecule has 3 saturated heterocycles. The van der Waals surface area contributed by atoms with Gasteiger partial charge in [0.1, 0.15) is 23.8 Å². The number of hydrogen-bond acceptors (Lipinski definition) is 9. The van der Waals surface area contributed by atoms with Gasteiger partial charge in [0.05, 0.1) is 20.8 Å². The van der Waals surface area contributed by atoms with E-state index in [0.717, 1.165) is 69.4 Å². The van der Waals surface area contributed by atoms with Crippen LogP contribution in [0.2, 0.25) is 5.02 Å². The molecular weight excluding hydrogens is 582 g/mol. The van der Waals surface area contributed by atoms with E-state index in [-0.39, 0.29) is 55.5 Å². The second kappa shape index (κ2) is 11.0. The summed E-state index contributed by atoms with van der Waals surface area (Å²) in [7, 11) is 0. The van der Waals surface area contributed by atoms with Gasteiger partial charge in [-0.25, -0.2) is 13.8 Å². The molecule has 1 unspecified atom stereocenters. The number of benzene rings is 2. The van der Waals surface area contributed by atoms with E-state index in [1.54, 1.807) is 6.07 Å². The summed E-state index contributed by atoms with van der Waals surface area (Å²) in [6.07, 6.45) is 6.98. The third-order valence-corrected chi connectivity index (χ3v) is 10.5. The summed E-state index contributed by atoms with van der Waals surface area (Å²) in [5.74, 6) is -0.340. The van der Waals surface area contributed by atoms with E-state index >= 15 is 4.39 Å². The third-order valence-electron chi connectivity index (χ3n) is 9.31. The lowest BCUT2D eigenvalue weighted by Gasteiger charge is -2.31. The second-order valence-electron chi connectivity index (χ2n) is 11.8. The fraction of sp³-hybridized carbons (Fsp3) is 0.500. The van der Waals surface area contributed by atoms with Crippen LogP contribution >= 0.6 is 22.9 Å². The lowest BCUT2D eigenvalue weighted by atomic mass is 9.95. The maximum atomic E-state index is 16.7. The van der Waals surface area contributed by atoms with Gasteiger partial charge in [-0.05, 0) is 82.2 Å². The van der Waals surface area contributed by atoms with Crippen molar-refractivity contribution in [1.29, 1.82) is 0 Å². The Morgan fingerprint density at radius 2 is 1.86 bits per heavy atom. The van der Waals surface area contributed by atoms with E-state index in [4.69, 9.17) is 27.1 Å². The number of hydrogen-bond donors (Lipinski definition) is 2. The van der Waals surface area contributed by atoms with Crippen molar-refractivity contribution in [3.8, 4) is 17.1 Å². The van der Waals surface area contributed by atoms with Gasteiger partial charge >= 0.3 is 6.01 Å². The number of fused-ring (bicyclic) bond motifs is 3. The zero-order valence-electron chi connectivity index (χ0n) is 23.2. The Balaban J connectivity index is 1.36. The lowest BCUT2D eigenvalue weighted by Crippen LogP contribution is -2.43. The first kappa shape index (κ1) is 27.9. The molecule has 3 fully saturated rings. The first-order chi connectivity index (χ1) is 20.4. The van der Waals surface area contributed by atoms with Crippen molar-refractivity contribution in [3.05, 3.63) is 34.9 Å². The smallest absolute Gasteiger partial charge is 0.319 e. The molecule has 3 aliphatic heterocycles. The molecule has 5 heterocycles. The van der Waals surface area contributed by atoms with Crippen molar-refractivity contribution < 1.29 is 18.6 Å². The van der Waals surface area contributed by atoms with Gasteiger partial charge in [0.15, 0.2) is 10.9 Å². The van der Waals surface area contributed by atoms with Crippen LogP contribution < -0.4 is 15.4 Å². The molecule has 4 aromatic rings. The number of nitrogens with zero attached hydrogens (tertiary/aromatic N) is 5. The second-order valence-corrected chi connectivity index (χ2v) is 13.2. The zero-order valence-corrected chi connectivity index (χ0v) is 24.8.